The van der Waals surface area contributed by atoms with E-state index in [1.165, 1.54) is 6.92 Å². The highest BCUT2D eigenvalue weighted by molar-refractivity contribution is 7.80. The second-order valence-corrected chi connectivity index (χ2v) is 18.8. The van der Waals surface area contributed by atoms with Crippen LogP contribution in [0.15, 0.2) is 0 Å². The fourth-order valence-corrected chi connectivity index (χ4v) is 4.93. The second kappa shape index (κ2) is 43.2. The SMILES string of the molecule is CC(C)CC(=O)CN.CC(C)CC(=O)[C@@H](N)CCC(N)=O.CC(C)CC(=O)[C@@H](N)CO.CC(C)CC(=O)[C@@H](N)CS.CC(C)CC(=O)[C@@H](N)[C@@H](C)O.CC(C)CC(C(N)=O)[C@@H](C)O. The summed E-state index contributed by atoms with van der Waals surface area (Å²) in [6.07, 6.45) is 2.42. The third-order valence-corrected chi connectivity index (χ3v) is 8.60. The molecule has 7 atom stereocenters. The summed E-state index contributed by atoms with van der Waals surface area (Å²) in [7, 11) is 0. The van der Waals surface area contributed by atoms with Crippen LogP contribution in [0.2, 0.25) is 0 Å². The van der Waals surface area contributed by atoms with E-state index in [1.54, 1.807) is 6.92 Å². The molecule has 17 N–H and O–H groups in total. The molecular formula is C45H95N7O10S. The number of aliphatic hydroxyl groups is 3. The smallest absolute Gasteiger partial charge is 0.223 e. The topological polar surface area (TPSA) is 362 Å². The molecule has 0 radical (unpaired) electrons. The van der Waals surface area contributed by atoms with Gasteiger partial charge in [0.1, 0.15) is 11.6 Å². The van der Waals surface area contributed by atoms with Crippen molar-refractivity contribution in [3.63, 3.8) is 0 Å². The van der Waals surface area contributed by atoms with E-state index in [1.807, 2.05) is 83.1 Å². The van der Waals surface area contributed by atoms with Crippen LogP contribution < -0.4 is 40.1 Å². The van der Waals surface area contributed by atoms with Crippen LogP contribution in [0.25, 0.3) is 0 Å². The summed E-state index contributed by atoms with van der Waals surface area (Å²) in [5.74, 6) is 1.59. The van der Waals surface area contributed by atoms with Gasteiger partial charge >= 0.3 is 0 Å². The lowest BCUT2D eigenvalue weighted by Gasteiger charge is -2.17. The van der Waals surface area contributed by atoms with Gasteiger partial charge in [0.2, 0.25) is 11.8 Å². The van der Waals surface area contributed by atoms with Gasteiger partial charge in [0.15, 0.2) is 17.3 Å². The Morgan fingerprint density at radius 2 is 0.857 bits per heavy atom. The van der Waals surface area contributed by atoms with Crippen LogP contribution in [0.3, 0.4) is 0 Å². The first-order chi connectivity index (χ1) is 28.6. The maximum absolute atomic E-state index is 11.3. The standard InChI is InChI=1S/C9H18N2O2.2C8H17NO2.C7H15NO2.C7H15NOS.C6H13NO/c1-6(2)5-8(12)7(10)3-4-9(11)13;1-5(2)4-7(11)8(9)6(3)10;1-5(2)4-7(6(3)10)8(9)11;1-5(2)3-7(10)6(8)4-9;1-5(2)3-7(9)6(8)4-10;1-5(2)3-6(8)4-7/h6-7H,3-5,10H2,1-2H3,(H2,11,13);5-6,8,10H,4,9H2,1-3H3;5-7,10H,4H2,1-3H3,(H2,9,11);5-6,9H,3-4,8H2,1-2H3;5-6,10H,3-4,8H2,1-2H3;5H,3-4,7H2,1-2H3/t7-;6-,8+;6-,7?;2*6-;/m01100./s1. The zero-order valence-electron chi connectivity index (χ0n) is 41.5. The summed E-state index contributed by atoms with van der Waals surface area (Å²) in [6.45, 7) is 26.8. The molecule has 0 bridgehead atoms. The summed E-state index contributed by atoms with van der Waals surface area (Å²) in [6, 6.07) is -2.29. The Kier molecular flexibility index (Phi) is 49.4. The van der Waals surface area contributed by atoms with Crippen molar-refractivity contribution in [2.24, 2.45) is 81.6 Å². The highest BCUT2D eigenvalue weighted by atomic mass is 32.1. The van der Waals surface area contributed by atoms with Crippen LogP contribution in [0.4, 0.5) is 0 Å². The highest BCUT2D eigenvalue weighted by Gasteiger charge is 2.22. The first-order valence-electron chi connectivity index (χ1n) is 22.1. The Balaban J connectivity index is -0.000000156. The van der Waals surface area contributed by atoms with Crippen molar-refractivity contribution in [1.29, 1.82) is 0 Å². The van der Waals surface area contributed by atoms with E-state index in [0.717, 1.165) is 0 Å². The van der Waals surface area contributed by atoms with Gasteiger partial charge in [-0.1, -0.05) is 83.1 Å². The van der Waals surface area contributed by atoms with E-state index in [0.29, 0.717) is 86.2 Å². The molecule has 0 rings (SSSR count). The van der Waals surface area contributed by atoms with Crippen molar-refractivity contribution in [2.45, 2.75) is 185 Å². The normalized spacial score (nSPS) is 14.0. The summed E-state index contributed by atoms with van der Waals surface area (Å²) < 4.78 is 0. The van der Waals surface area contributed by atoms with E-state index < -0.39 is 48.1 Å². The number of amides is 2. The third kappa shape index (κ3) is 53.6. The monoisotopic (exact) mass is 926 g/mol. The molecule has 0 heterocycles. The molecule has 0 saturated carbocycles. The average molecular weight is 926 g/mol. The van der Waals surface area contributed by atoms with Crippen molar-refractivity contribution in [3.8, 4) is 0 Å². The molecule has 18 heteroatoms. The minimum Gasteiger partial charge on any atom is -0.394 e. The number of carbonyl (C=O) groups is 7. The Hall–Kier alpha value is -2.68. The van der Waals surface area contributed by atoms with Crippen molar-refractivity contribution in [3.05, 3.63) is 0 Å². The van der Waals surface area contributed by atoms with Gasteiger partial charge in [-0.25, -0.2) is 0 Å². The number of carbonyl (C=O) groups excluding carboxylic acids is 7. The van der Waals surface area contributed by atoms with Gasteiger partial charge in [-0.3, -0.25) is 33.6 Å². The lowest BCUT2D eigenvalue weighted by molar-refractivity contribution is -0.126. The third-order valence-electron chi connectivity index (χ3n) is 8.20. The van der Waals surface area contributed by atoms with Crippen LogP contribution in [-0.4, -0.2) is 111 Å². The maximum Gasteiger partial charge on any atom is 0.223 e. The maximum atomic E-state index is 11.3. The van der Waals surface area contributed by atoms with Crippen LogP contribution in [0, 0.1) is 41.4 Å². The van der Waals surface area contributed by atoms with Crippen LogP contribution >= 0.6 is 12.6 Å². The van der Waals surface area contributed by atoms with E-state index in [4.69, 9.17) is 55.5 Å². The molecule has 0 aliphatic rings. The number of aliphatic hydroxyl groups excluding tert-OH is 3. The van der Waals surface area contributed by atoms with E-state index in [9.17, 15) is 33.6 Å². The van der Waals surface area contributed by atoms with Crippen molar-refractivity contribution >= 4 is 53.4 Å². The Morgan fingerprint density at radius 1 is 0.508 bits per heavy atom. The van der Waals surface area contributed by atoms with Gasteiger partial charge in [-0.2, -0.15) is 12.6 Å². The van der Waals surface area contributed by atoms with E-state index in [-0.39, 0.29) is 54.5 Å². The minimum absolute atomic E-state index is 0.0104. The zero-order chi connectivity index (χ0) is 51.3. The highest BCUT2D eigenvalue weighted by Crippen LogP contribution is 2.15. The van der Waals surface area contributed by atoms with Crippen LogP contribution in [0.1, 0.15) is 148 Å². The largest absolute Gasteiger partial charge is 0.394 e. The van der Waals surface area contributed by atoms with E-state index in [2.05, 4.69) is 12.6 Å². The quantitative estimate of drug-likeness (QED) is 0.0586. The summed E-state index contributed by atoms with van der Waals surface area (Å²) in [5, 5.41) is 26.6. The molecule has 0 aromatic carbocycles. The number of thiol groups is 1. The van der Waals surface area contributed by atoms with Gasteiger partial charge in [0, 0.05) is 44.3 Å². The number of Topliss-reactive ketones (excluding diaryl/α,β-unsaturated/α-hetero) is 5. The predicted octanol–water partition coefficient (Wildman–Crippen LogP) is 2.36. The molecule has 0 aromatic heterocycles. The molecule has 376 valence electrons. The molecular weight excluding hydrogens is 831 g/mol. The molecule has 0 aromatic rings. The fourth-order valence-electron chi connectivity index (χ4n) is 4.73. The average Bonchev–Trinajstić information content (AvgIpc) is 3.14. The van der Waals surface area contributed by atoms with Gasteiger partial charge in [-0.05, 0) is 62.2 Å². The predicted molar refractivity (Wildman–Crippen MR) is 258 cm³/mol. The molecule has 0 spiro atoms. The van der Waals surface area contributed by atoms with Crippen molar-refractivity contribution in [2.75, 3.05) is 18.9 Å². The first kappa shape index (κ1) is 71.9. The van der Waals surface area contributed by atoms with Gasteiger partial charge in [0.25, 0.3) is 0 Å². The summed E-state index contributed by atoms with van der Waals surface area (Å²) in [5.41, 5.74) is 36.8. The fraction of sp³-hybridized carbons (Fsp3) is 0.844. The number of hydrogen-bond acceptors (Lipinski definition) is 16. The second-order valence-electron chi connectivity index (χ2n) is 18.4. The Morgan fingerprint density at radius 3 is 1.08 bits per heavy atom. The van der Waals surface area contributed by atoms with Crippen molar-refractivity contribution in [1.82, 2.24) is 0 Å². The molecule has 0 aliphatic carbocycles. The van der Waals surface area contributed by atoms with Crippen LogP contribution in [0.5, 0.6) is 0 Å². The van der Waals surface area contributed by atoms with Gasteiger partial charge in [0.05, 0.1) is 55.4 Å². The van der Waals surface area contributed by atoms with Gasteiger partial charge in [-0.15, -0.1) is 0 Å². The minimum atomic E-state index is -0.735. The summed E-state index contributed by atoms with van der Waals surface area (Å²) >= 11 is 3.93. The van der Waals surface area contributed by atoms with Gasteiger partial charge < -0.3 is 55.5 Å². The van der Waals surface area contributed by atoms with E-state index >= 15 is 0 Å². The number of hydrogen-bond donors (Lipinski definition) is 11. The number of rotatable bonds is 25. The first-order valence-corrected chi connectivity index (χ1v) is 22.8. The molecule has 63 heavy (non-hydrogen) atoms. The Bertz CT molecular complexity index is 1200. The number of primary amides is 2. The number of nitrogens with two attached hydrogens (primary N) is 7. The Labute approximate surface area is 386 Å². The molecule has 17 nitrogen and oxygen atoms in total. The molecule has 0 saturated heterocycles. The lowest BCUT2D eigenvalue weighted by atomic mass is 9.92. The molecule has 2 amide bonds. The lowest BCUT2D eigenvalue weighted by Crippen LogP contribution is -2.40. The van der Waals surface area contributed by atoms with Crippen LogP contribution in [-0.2, 0) is 33.6 Å². The number of ketones is 5. The molecule has 1 unspecified atom stereocenters. The molecule has 0 fully saturated rings. The summed E-state index contributed by atoms with van der Waals surface area (Å²) in [4.78, 5) is 75.9. The molecule has 0 aliphatic heterocycles. The zero-order valence-corrected chi connectivity index (χ0v) is 42.4. The van der Waals surface area contributed by atoms with Crippen molar-refractivity contribution < 1.29 is 48.9 Å².